The molecule has 0 spiro atoms. The number of rotatable bonds is 1. The summed E-state index contributed by atoms with van der Waals surface area (Å²) in [6.45, 7) is 0. The number of anilines is 1. The molecule has 0 aromatic carbocycles. The van der Waals surface area contributed by atoms with Crippen LogP contribution in [0.4, 0.5) is 5.69 Å². The minimum absolute atomic E-state index is 0.123. The molecule has 70 valence electrons. The van der Waals surface area contributed by atoms with Crippen molar-refractivity contribution < 1.29 is 4.79 Å². The molecule has 3 nitrogen and oxygen atoms in total. The summed E-state index contributed by atoms with van der Waals surface area (Å²) in [6.07, 6.45) is 1.49. The van der Waals surface area contributed by atoms with Crippen LogP contribution in [0.5, 0.6) is 0 Å². The van der Waals surface area contributed by atoms with Gasteiger partial charge in [-0.2, -0.15) is 0 Å². The number of nitrogens with one attached hydrogen (secondary N) is 2. The second-order valence-corrected chi connectivity index (χ2v) is 4.07. The van der Waals surface area contributed by atoms with E-state index in [0.717, 1.165) is 12.1 Å². The van der Waals surface area contributed by atoms with Crippen LogP contribution >= 0.6 is 11.3 Å². The third-order valence-corrected chi connectivity index (χ3v) is 3.32. The summed E-state index contributed by atoms with van der Waals surface area (Å²) in [5.74, 6) is 0.123. The zero-order valence-electron chi connectivity index (χ0n) is 7.46. The maximum absolute atomic E-state index is 11.3. The highest BCUT2D eigenvalue weighted by Gasteiger charge is 2.21. The molecule has 1 aromatic heterocycles. The molecular formula is C9H12N2OS. The predicted octanol–water partition coefficient (Wildman–Crippen LogP) is 1.74. The molecule has 1 aromatic rings. The van der Waals surface area contributed by atoms with Gasteiger partial charge in [-0.25, -0.2) is 0 Å². The van der Waals surface area contributed by atoms with Crippen LogP contribution in [0.2, 0.25) is 0 Å². The molecule has 1 aliphatic heterocycles. The summed E-state index contributed by atoms with van der Waals surface area (Å²) in [5, 5.41) is 8.14. The number of thiophene rings is 1. The first-order valence-corrected chi connectivity index (χ1v) is 5.23. The van der Waals surface area contributed by atoms with E-state index in [2.05, 4.69) is 10.6 Å². The third kappa shape index (κ3) is 1.59. The van der Waals surface area contributed by atoms with Crippen LogP contribution in [0.15, 0.2) is 11.4 Å². The highest BCUT2D eigenvalue weighted by atomic mass is 32.1. The van der Waals surface area contributed by atoms with E-state index < -0.39 is 0 Å². The highest BCUT2D eigenvalue weighted by Crippen LogP contribution is 2.33. The molecule has 2 rings (SSSR count). The Bertz CT molecular complexity index is 321. The molecule has 0 bridgehead atoms. The number of carbonyl (C=O) groups is 1. The molecule has 0 aliphatic carbocycles. The fourth-order valence-electron chi connectivity index (χ4n) is 1.59. The van der Waals surface area contributed by atoms with Crippen LogP contribution in [0.3, 0.4) is 0 Å². The second kappa shape index (κ2) is 3.47. The van der Waals surface area contributed by atoms with Gasteiger partial charge < -0.3 is 10.6 Å². The van der Waals surface area contributed by atoms with Gasteiger partial charge in [-0.15, -0.1) is 11.3 Å². The molecule has 0 radical (unpaired) electrons. The summed E-state index contributed by atoms with van der Waals surface area (Å²) in [7, 11) is 1.93. The number of amides is 1. The van der Waals surface area contributed by atoms with Gasteiger partial charge in [0.15, 0.2) is 0 Å². The van der Waals surface area contributed by atoms with E-state index in [4.69, 9.17) is 0 Å². The molecule has 0 fully saturated rings. The van der Waals surface area contributed by atoms with Crippen molar-refractivity contribution in [3.63, 3.8) is 0 Å². The molecular weight excluding hydrogens is 184 g/mol. The average Bonchev–Trinajstić information content (AvgIpc) is 2.49. The normalized spacial score (nSPS) is 21.9. The highest BCUT2D eigenvalue weighted by molar-refractivity contribution is 7.10. The van der Waals surface area contributed by atoms with Gasteiger partial charge >= 0.3 is 0 Å². The van der Waals surface area contributed by atoms with Gasteiger partial charge in [0, 0.05) is 17.3 Å². The number of carbonyl (C=O) groups excluding carboxylic acids is 1. The average molecular weight is 196 g/mol. The lowest BCUT2D eigenvalue weighted by atomic mass is 10.1. The summed E-state index contributed by atoms with van der Waals surface area (Å²) < 4.78 is 0. The fraction of sp³-hybridized carbons (Fsp3) is 0.444. The molecule has 1 amide bonds. The first kappa shape index (κ1) is 8.72. The van der Waals surface area contributed by atoms with Crippen molar-refractivity contribution in [2.24, 2.45) is 0 Å². The molecule has 2 N–H and O–H groups in total. The third-order valence-electron chi connectivity index (χ3n) is 2.29. The molecule has 1 aliphatic rings. The molecule has 13 heavy (non-hydrogen) atoms. The predicted molar refractivity (Wildman–Crippen MR) is 54.0 cm³/mol. The Hall–Kier alpha value is -0.870. The van der Waals surface area contributed by atoms with Gasteiger partial charge in [0.1, 0.15) is 0 Å². The summed E-state index contributed by atoms with van der Waals surface area (Å²) in [5.41, 5.74) is 0.979. The monoisotopic (exact) mass is 196 g/mol. The van der Waals surface area contributed by atoms with Crippen LogP contribution in [0.1, 0.15) is 23.8 Å². The van der Waals surface area contributed by atoms with Gasteiger partial charge in [-0.3, -0.25) is 4.79 Å². The Balaban J connectivity index is 2.34. The van der Waals surface area contributed by atoms with Crippen molar-refractivity contribution >= 4 is 22.9 Å². The van der Waals surface area contributed by atoms with Crippen LogP contribution in [0.25, 0.3) is 0 Å². The van der Waals surface area contributed by atoms with Gasteiger partial charge in [-0.05, 0) is 24.9 Å². The molecule has 1 atom stereocenters. The van der Waals surface area contributed by atoms with Gasteiger partial charge in [0.25, 0.3) is 0 Å². The summed E-state index contributed by atoms with van der Waals surface area (Å²) >= 11 is 1.70. The summed E-state index contributed by atoms with van der Waals surface area (Å²) in [4.78, 5) is 12.5. The fourth-order valence-corrected chi connectivity index (χ4v) is 2.59. The van der Waals surface area contributed by atoms with Crippen molar-refractivity contribution in [1.29, 1.82) is 0 Å². The lowest BCUT2D eigenvalue weighted by Crippen LogP contribution is -2.14. The maximum Gasteiger partial charge on any atom is 0.224 e. The Morgan fingerprint density at radius 1 is 1.69 bits per heavy atom. The van der Waals surface area contributed by atoms with Crippen molar-refractivity contribution in [3.8, 4) is 0 Å². The zero-order valence-corrected chi connectivity index (χ0v) is 8.28. The SMILES string of the molecule is CNC1CCC(=O)Nc2ccsc21. The van der Waals surface area contributed by atoms with E-state index in [9.17, 15) is 4.79 Å². The maximum atomic E-state index is 11.3. The quantitative estimate of drug-likeness (QED) is 0.718. The molecule has 1 unspecified atom stereocenters. The topological polar surface area (TPSA) is 41.1 Å². The number of hydrogen-bond acceptors (Lipinski definition) is 3. The van der Waals surface area contributed by atoms with Crippen LogP contribution in [0, 0.1) is 0 Å². The van der Waals surface area contributed by atoms with Gasteiger partial charge in [0.05, 0.1) is 5.69 Å². The Labute approximate surface area is 81.2 Å². The zero-order chi connectivity index (χ0) is 9.26. The van der Waals surface area contributed by atoms with Crippen molar-refractivity contribution in [2.75, 3.05) is 12.4 Å². The Morgan fingerprint density at radius 2 is 2.54 bits per heavy atom. The van der Waals surface area contributed by atoms with Crippen LogP contribution in [-0.2, 0) is 4.79 Å². The van der Waals surface area contributed by atoms with E-state index in [-0.39, 0.29) is 5.91 Å². The first-order chi connectivity index (χ1) is 6.31. The minimum Gasteiger partial charge on any atom is -0.325 e. The van der Waals surface area contributed by atoms with E-state index >= 15 is 0 Å². The number of hydrogen-bond donors (Lipinski definition) is 2. The first-order valence-electron chi connectivity index (χ1n) is 4.36. The van der Waals surface area contributed by atoms with E-state index in [1.54, 1.807) is 11.3 Å². The van der Waals surface area contributed by atoms with Crippen molar-refractivity contribution in [1.82, 2.24) is 5.32 Å². The van der Waals surface area contributed by atoms with Gasteiger partial charge in [0.2, 0.25) is 5.91 Å². The van der Waals surface area contributed by atoms with Gasteiger partial charge in [-0.1, -0.05) is 0 Å². The second-order valence-electron chi connectivity index (χ2n) is 3.13. The molecule has 2 heterocycles. The smallest absolute Gasteiger partial charge is 0.224 e. The van der Waals surface area contributed by atoms with E-state index in [1.807, 2.05) is 18.5 Å². The molecule has 0 saturated carbocycles. The largest absolute Gasteiger partial charge is 0.325 e. The lowest BCUT2D eigenvalue weighted by Gasteiger charge is -2.11. The van der Waals surface area contributed by atoms with Crippen molar-refractivity contribution in [2.45, 2.75) is 18.9 Å². The Kier molecular flexibility index (Phi) is 2.33. The van der Waals surface area contributed by atoms with Crippen molar-refractivity contribution in [3.05, 3.63) is 16.3 Å². The number of fused-ring (bicyclic) bond motifs is 1. The minimum atomic E-state index is 0.123. The van der Waals surface area contributed by atoms with Crippen LogP contribution < -0.4 is 10.6 Å². The van der Waals surface area contributed by atoms with Crippen LogP contribution in [-0.4, -0.2) is 13.0 Å². The van der Waals surface area contributed by atoms with E-state index in [0.29, 0.717) is 12.5 Å². The van der Waals surface area contributed by atoms with E-state index in [1.165, 1.54) is 4.88 Å². The molecule has 4 heteroatoms. The summed E-state index contributed by atoms with van der Waals surface area (Å²) in [6, 6.07) is 2.29. The standard InChI is InChI=1S/C9H12N2OS/c1-10-6-2-3-8(12)11-7-4-5-13-9(6)7/h4-6,10H,2-3H2,1H3,(H,11,12). The lowest BCUT2D eigenvalue weighted by molar-refractivity contribution is -0.116. The Morgan fingerprint density at radius 3 is 3.31 bits per heavy atom. The molecule has 0 saturated heterocycles.